The van der Waals surface area contributed by atoms with Gasteiger partial charge in [0.2, 0.25) is 0 Å². The molecule has 0 aromatic carbocycles. The lowest BCUT2D eigenvalue weighted by Gasteiger charge is -2.19. The molecular weight excluding hydrogens is 150 g/mol. The maximum atomic E-state index is 10.8. The van der Waals surface area contributed by atoms with Gasteiger partial charge in [0.05, 0.1) is 6.54 Å². The van der Waals surface area contributed by atoms with Gasteiger partial charge in [-0.2, -0.15) is 0 Å². The highest BCUT2D eigenvalue weighted by molar-refractivity contribution is 6.08. The van der Waals surface area contributed by atoms with Crippen LogP contribution < -0.4 is 17.2 Å². The van der Waals surface area contributed by atoms with Crippen molar-refractivity contribution in [2.24, 2.45) is 17.2 Å². The van der Waals surface area contributed by atoms with Crippen molar-refractivity contribution in [3.8, 4) is 0 Å². The standard InChI is InChI=1S/C5H11N3O3/c6-1-3(9)5(8,2-7)4(10)11/h1-2,6-8H2,(H,10,11). The van der Waals surface area contributed by atoms with E-state index in [1.165, 1.54) is 0 Å². The number of ketones is 1. The number of hydrogen-bond acceptors (Lipinski definition) is 5. The highest BCUT2D eigenvalue weighted by Crippen LogP contribution is 1.98. The first-order valence-electron chi connectivity index (χ1n) is 2.94. The van der Waals surface area contributed by atoms with Crippen molar-refractivity contribution >= 4 is 11.8 Å². The van der Waals surface area contributed by atoms with Gasteiger partial charge in [-0.25, -0.2) is 4.79 Å². The molecule has 7 N–H and O–H groups in total. The van der Waals surface area contributed by atoms with Gasteiger partial charge in [0.25, 0.3) is 0 Å². The Balaban J connectivity index is 4.59. The first-order valence-corrected chi connectivity index (χ1v) is 2.94. The summed E-state index contributed by atoms with van der Waals surface area (Å²) in [6.07, 6.45) is 0. The summed E-state index contributed by atoms with van der Waals surface area (Å²) in [7, 11) is 0. The monoisotopic (exact) mass is 161 g/mol. The number of carboxylic acids is 1. The minimum absolute atomic E-state index is 0.417. The number of rotatable bonds is 4. The first-order chi connectivity index (χ1) is 4.99. The van der Waals surface area contributed by atoms with Crippen molar-refractivity contribution < 1.29 is 14.7 Å². The molecule has 0 saturated heterocycles. The van der Waals surface area contributed by atoms with Crippen LogP contribution >= 0.6 is 0 Å². The Morgan fingerprint density at radius 1 is 1.36 bits per heavy atom. The van der Waals surface area contributed by atoms with Gasteiger partial charge < -0.3 is 22.3 Å². The Hall–Kier alpha value is -0.980. The first kappa shape index (κ1) is 10.0. The third-order valence-corrected chi connectivity index (χ3v) is 1.39. The maximum absolute atomic E-state index is 10.8. The SMILES string of the molecule is NCC(=O)C(N)(CN)C(=O)O. The summed E-state index contributed by atoms with van der Waals surface area (Å²) in [6, 6.07) is 0. The van der Waals surface area contributed by atoms with Crippen molar-refractivity contribution in [1.29, 1.82) is 0 Å². The molecule has 0 aliphatic carbocycles. The van der Waals surface area contributed by atoms with Crippen LogP contribution in [0.15, 0.2) is 0 Å². The molecule has 0 aromatic rings. The van der Waals surface area contributed by atoms with Gasteiger partial charge in [0.15, 0.2) is 11.3 Å². The van der Waals surface area contributed by atoms with E-state index in [1.807, 2.05) is 0 Å². The van der Waals surface area contributed by atoms with Crippen molar-refractivity contribution in [2.75, 3.05) is 13.1 Å². The van der Waals surface area contributed by atoms with E-state index in [0.717, 1.165) is 0 Å². The number of carboxylic acid groups (broad SMARTS) is 1. The van der Waals surface area contributed by atoms with Gasteiger partial charge in [-0.3, -0.25) is 4.79 Å². The molecule has 1 unspecified atom stereocenters. The Labute approximate surface area is 63.3 Å². The number of Topliss-reactive ketones (excluding diaryl/α,β-unsaturated/α-hetero) is 1. The Morgan fingerprint density at radius 2 is 1.82 bits per heavy atom. The summed E-state index contributed by atoms with van der Waals surface area (Å²) in [6.45, 7) is -0.863. The van der Waals surface area contributed by atoms with Crippen LogP contribution in [0.2, 0.25) is 0 Å². The van der Waals surface area contributed by atoms with Crippen LogP contribution in [0.5, 0.6) is 0 Å². The molecule has 0 aliphatic rings. The Bertz CT molecular complexity index is 182. The smallest absolute Gasteiger partial charge is 0.332 e. The molecule has 0 saturated carbocycles. The van der Waals surface area contributed by atoms with Gasteiger partial charge in [0.1, 0.15) is 0 Å². The van der Waals surface area contributed by atoms with Gasteiger partial charge in [0, 0.05) is 6.54 Å². The topological polar surface area (TPSA) is 132 Å². The van der Waals surface area contributed by atoms with Crippen LogP contribution in [-0.4, -0.2) is 35.5 Å². The number of carbonyl (C=O) groups excluding carboxylic acids is 1. The van der Waals surface area contributed by atoms with E-state index in [-0.39, 0.29) is 0 Å². The average Bonchev–Trinajstić information content (AvgIpc) is 2.01. The minimum Gasteiger partial charge on any atom is -0.479 e. The molecule has 6 nitrogen and oxygen atoms in total. The summed E-state index contributed by atoms with van der Waals surface area (Å²) < 4.78 is 0. The van der Waals surface area contributed by atoms with Crippen molar-refractivity contribution in [3.05, 3.63) is 0 Å². The molecule has 0 heterocycles. The quantitative estimate of drug-likeness (QED) is 0.330. The Kier molecular flexibility index (Phi) is 3.12. The second kappa shape index (κ2) is 3.42. The molecule has 0 bridgehead atoms. The molecule has 1 atom stereocenters. The van der Waals surface area contributed by atoms with Crippen molar-refractivity contribution in [2.45, 2.75) is 5.54 Å². The fraction of sp³-hybridized carbons (Fsp3) is 0.600. The fourth-order valence-corrected chi connectivity index (χ4v) is 0.503. The summed E-state index contributed by atoms with van der Waals surface area (Å²) in [4.78, 5) is 21.2. The highest BCUT2D eigenvalue weighted by atomic mass is 16.4. The molecule has 0 amide bonds. The molecule has 0 aromatic heterocycles. The molecule has 0 aliphatic heterocycles. The molecule has 0 spiro atoms. The van der Waals surface area contributed by atoms with Crippen LogP contribution in [0.25, 0.3) is 0 Å². The van der Waals surface area contributed by atoms with E-state index in [9.17, 15) is 9.59 Å². The lowest BCUT2D eigenvalue weighted by molar-refractivity contribution is -0.147. The van der Waals surface area contributed by atoms with Crippen LogP contribution in [0, 0.1) is 0 Å². The number of hydrogen-bond donors (Lipinski definition) is 4. The van der Waals surface area contributed by atoms with Gasteiger partial charge >= 0.3 is 5.97 Å². The third-order valence-electron chi connectivity index (χ3n) is 1.39. The zero-order valence-electron chi connectivity index (χ0n) is 5.91. The Morgan fingerprint density at radius 3 is 1.91 bits per heavy atom. The van der Waals surface area contributed by atoms with Crippen LogP contribution in [0.3, 0.4) is 0 Å². The fourth-order valence-electron chi connectivity index (χ4n) is 0.503. The average molecular weight is 161 g/mol. The van der Waals surface area contributed by atoms with Crippen molar-refractivity contribution in [1.82, 2.24) is 0 Å². The van der Waals surface area contributed by atoms with Crippen LogP contribution in [0.1, 0.15) is 0 Å². The summed E-state index contributed by atoms with van der Waals surface area (Å²) in [5, 5.41) is 8.45. The zero-order valence-corrected chi connectivity index (χ0v) is 5.91. The summed E-state index contributed by atoms with van der Waals surface area (Å²) in [5.74, 6) is -2.22. The van der Waals surface area contributed by atoms with E-state index >= 15 is 0 Å². The van der Waals surface area contributed by atoms with Crippen LogP contribution in [-0.2, 0) is 9.59 Å². The molecule has 0 fully saturated rings. The van der Waals surface area contributed by atoms with E-state index < -0.39 is 30.4 Å². The lowest BCUT2D eigenvalue weighted by Crippen LogP contribution is -2.61. The normalized spacial score (nSPS) is 15.5. The summed E-state index contributed by atoms with van der Waals surface area (Å²) >= 11 is 0. The minimum atomic E-state index is -2.02. The third kappa shape index (κ3) is 1.73. The maximum Gasteiger partial charge on any atom is 0.332 e. The van der Waals surface area contributed by atoms with Gasteiger partial charge in [-0.05, 0) is 0 Å². The molecule has 0 radical (unpaired) electrons. The van der Waals surface area contributed by atoms with E-state index in [2.05, 4.69) is 0 Å². The molecular formula is C5H11N3O3. The van der Waals surface area contributed by atoms with Crippen LogP contribution in [0.4, 0.5) is 0 Å². The molecule has 0 rings (SSSR count). The second-order valence-corrected chi connectivity index (χ2v) is 2.11. The summed E-state index contributed by atoms with van der Waals surface area (Å²) in [5.41, 5.74) is 13.0. The number of nitrogens with two attached hydrogens (primary N) is 3. The number of carbonyl (C=O) groups is 2. The lowest BCUT2D eigenvalue weighted by atomic mass is 9.96. The zero-order chi connectivity index (χ0) is 9.07. The molecule has 11 heavy (non-hydrogen) atoms. The van der Waals surface area contributed by atoms with E-state index in [4.69, 9.17) is 22.3 Å². The highest BCUT2D eigenvalue weighted by Gasteiger charge is 2.39. The second-order valence-electron chi connectivity index (χ2n) is 2.11. The largest absolute Gasteiger partial charge is 0.479 e. The predicted molar refractivity (Wildman–Crippen MR) is 37.7 cm³/mol. The van der Waals surface area contributed by atoms with E-state index in [1.54, 1.807) is 0 Å². The van der Waals surface area contributed by atoms with E-state index in [0.29, 0.717) is 0 Å². The molecule has 64 valence electrons. The predicted octanol–water partition coefficient (Wildman–Crippen LogP) is -2.74. The van der Waals surface area contributed by atoms with Crippen molar-refractivity contribution in [3.63, 3.8) is 0 Å². The molecule has 6 heteroatoms. The van der Waals surface area contributed by atoms with Gasteiger partial charge in [-0.15, -0.1) is 0 Å². The number of aliphatic carboxylic acids is 1. The van der Waals surface area contributed by atoms with Gasteiger partial charge in [-0.1, -0.05) is 0 Å².